The molecular formula is C17H32N4O. The van der Waals surface area contributed by atoms with Gasteiger partial charge in [0.05, 0.1) is 6.61 Å². The zero-order chi connectivity index (χ0) is 16.2. The molecule has 0 aromatic carbocycles. The van der Waals surface area contributed by atoms with Crippen molar-refractivity contribution >= 4 is 5.82 Å². The highest BCUT2D eigenvalue weighted by molar-refractivity contribution is 5.38. The molecule has 0 aliphatic rings. The van der Waals surface area contributed by atoms with E-state index in [-0.39, 0.29) is 0 Å². The Labute approximate surface area is 135 Å². The molecule has 0 aliphatic heterocycles. The van der Waals surface area contributed by atoms with Crippen molar-refractivity contribution in [1.29, 1.82) is 0 Å². The number of aryl methyl sites for hydroxylation is 1. The lowest BCUT2D eigenvalue weighted by atomic mass is 10.3. The van der Waals surface area contributed by atoms with E-state index in [9.17, 15) is 0 Å². The lowest BCUT2D eigenvalue weighted by Crippen LogP contribution is -2.25. The van der Waals surface area contributed by atoms with Gasteiger partial charge in [-0.15, -0.1) is 0 Å². The number of aromatic nitrogens is 2. The van der Waals surface area contributed by atoms with Crippen molar-refractivity contribution in [1.82, 2.24) is 14.9 Å². The fraction of sp³-hybridized carbons (Fsp3) is 0.765. The zero-order valence-corrected chi connectivity index (χ0v) is 14.7. The van der Waals surface area contributed by atoms with Crippen LogP contribution in [-0.4, -0.2) is 47.7 Å². The highest BCUT2D eigenvalue weighted by Gasteiger charge is 2.05. The van der Waals surface area contributed by atoms with Crippen LogP contribution < -0.4 is 10.1 Å². The number of rotatable bonds is 12. The molecule has 0 saturated carbocycles. The summed E-state index contributed by atoms with van der Waals surface area (Å²) in [4.78, 5) is 11.5. The van der Waals surface area contributed by atoms with Crippen molar-refractivity contribution in [2.75, 3.05) is 38.1 Å². The number of hydrogen-bond acceptors (Lipinski definition) is 5. The van der Waals surface area contributed by atoms with Gasteiger partial charge in [-0.25, -0.2) is 4.98 Å². The molecule has 0 unspecified atom stereocenters. The summed E-state index contributed by atoms with van der Waals surface area (Å²) < 4.78 is 5.66. The van der Waals surface area contributed by atoms with Gasteiger partial charge in [0.25, 0.3) is 0 Å². The first-order valence-corrected chi connectivity index (χ1v) is 8.70. The van der Waals surface area contributed by atoms with Crippen LogP contribution in [0.3, 0.4) is 0 Å². The quantitative estimate of drug-likeness (QED) is 0.600. The molecule has 0 saturated heterocycles. The van der Waals surface area contributed by atoms with E-state index in [4.69, 9.17) is 4.74 Å². The van der Waals surface area contributed by atoms with Crippen LogP contribution in [0.25, 0.3) is 0 Å². The number of nitrogens with zero attached hydrogens (tertiary/aromatic N) is 3. The second kappa shape index (κ2) is 11.2. The molecule has 126 valence electrons. The van der Waals surface area contributed by atoms with Crippen LogP contribution >= 0.6 is 0 Å². The zero-order valence-electron chi connectivity index (χ0n) is 14.7. The van der Waals surface area contributed by atoms with Crippen LogP contribution in [0.5, 0.6) is 5.88 Å². The van der Waals surface area contributed by atoms with E-state index in [2.05, 4.69) is 47.9 Å². The third kappa shape index (κ3) is 7.07. The smallest absolute Gasteiger partial charge is 0.218 e. The van der Waals surface area contributed by atoms with Crippen molar-refractivity contribution in [3.8, 4) is 5.88 Å². The maximum absolute atomic E-state index is 5.66. The standard InChI is InChI=1S/C17H32N4O/c1-5-10-15-19-16(14-17(20-15)22-13-6-2)18-11-9-12-21(7-3)8-4/h14H,5-13H2,1-4H3,(H,18,19,20). The summed E-state index contributed by atoms with van der Waals surface area (Å²) in [6.45, 7) is 13.6. The van der Waals surface area contributed by atoms with Gasteiger partial charge >= 0.3 is 0 Å². The average Bonchev–Trinajstić information content (AvgIpc) is 2.53. The molecule has 0 aliphatic carbocycles. The van der Waals surface area contributed by atoms with Crippen molar-refractivity contribution < 1.29 is 4.74 Å². The van der Waals surface area contributed by atoms with E-state index in [0.29, 0.717) is 12.5 Å². The number of anilines is 1. The molecule has 1 N–H and O–H groups in total. The minimum Gasteiger partial charge on any atom is -0.478 e. The molecule has 0 bridgehead atoms. The maximum Gasteiger partial charge on any atom is 0.218 e. The Kier molecular flexibility index (Phi) is 9.55. The van der Waals surface area contributed by atoms with Crippen LogP contribution in [0.4, 0.5) is 5.82 Å². The Hall–Kier alpha value is -1.36. The van der Waals surface area contributed by atoms with Gasteiger partial charge in [-0.2, -0.15) is 4.98 Å². The molecule has 1 aromatic heterocycles. The summed E-state index contributed by atoms with van der Waals surface area (Å²) >= 11 is 0. The first kappa shape index (κ1) is 18.7. The van der Waals surface area contributed by atoms with Gasteiger partial charge in [-0.3, -0.25) is 0 Å². The minimum absolute atomic E-state index is 0.687. The SMILES string of the molecule is CCCOc1cc(NCCCN(CC)CC)nc(CCC)n1. The molecule has 1 heterocycles. The third-order valence-corrected chi connectivity index (χ3v) is 3.53. The van der Waals surface area contributed by atoms with E-state index >= 15 is 0 Å². The summed E-state index contributed by atoms with van der Waals surface area (Å²) in [5, 5.41) is 3.41. The van der Waals surface area contributed by atoms with Crippen molar-refractivity contribution in [3.05, 3.63) is 11.9 Å². The molecule has 22 heavy (non-hydrogen) atoms. The fourth-order valence-corrected chi connectivity index (χ4v) is 2.24. The largest absolute Gasteiger partial charge is 0.478 e. The van der Waals surface area contributed by atoms with Gasteiger partial charge in [0, 0.05) is 19.0 Å². The molecule has 0 radical (unpaired) electrons. The Morgan fingerprint density at radius 3 is 2.50 bits per heavy atom. The summed E-state index contributed by atoms with van der Waals surface area (Å²) in [5.41, 5.74) is 0. The Morgan fingerprint density at radius 2 is 1.86 bits per heavy atom. The van der Waals surface area contributed by atoms with E-state index < -0.39 is 0 Å². The van der Waals surface area contributed by atoms with Crippen molar-refractivity contribution in [3.63, 3.8) is 0 Å². The Morgan fingerprint density at radius 1 is 1.09 bits per heavy atom. The first-order chi connectivity index (χ1) is 10.7. The third-order valence-electron chi connectivity index (χ3n) is 3.53. The predicted molar refractivity (Wildman–Crippen MR) is 92.7 cm³/mol. The average molecular weight is 308 g/mol. The van der Waals surface area contributed by atoms with Crippen LogP contribution in [0, 0.1) is 0 Å². The molecule has 0 spiro atoms. The number of nitrogens with one attached hydrogen (secondary N) is 1. The van der Waals surface area contributed by atoms with Crippen molar-refractivity contribution in [2.45, 2.75) is 53.4 Å². The fourth-order valence-electron chi connectivity index (χ4n) is 2.24. The summed E-state index contributed by atoms with van der Waals surface area (Å²) in [5.74, 6) is 2.43. The Bertz CT molecular complexity index is 408. The normalized spacial score (nSPS) is 11.0. The molecule has 1 rings (SSSR count). The molecule has 5 heteroatoms. The lowest BCUT2D eigenvalue weighted by molar-refractivity contribution is 0.302. The van der Waals surface area contributed by atoms with Gasteiger partial charge in [0.2, 0.25) is 5.88 Å². The molecule has 0 fully saturated rings. The highest BCUT2D eigenvalue weighted by Crippen LogP contribution is 2.15. The monoisotopic (exact) mass is 308 g/mol. The lowest BCUT2D eigenvalue weighted by Gasteiger charge is -2.18. The second-order valence-electron chi connectivity index (χ2n) is 5.41. The first-order valence-electron chi connectivity index (χ1n) is 8.70. The van der Waals surface area contributed by atoms with Crippen LogP contribution in [0.1, 0.15) is 52.8 Å². The van der Waals surface area contributed by atoms with E-state index in [1.54, 1.807) is 0 Å². The van der Waals surface area contributed by atoms with Gasteiger partial charge < -0.3 is 15.0 Å². The maximum atomic E-state index is 5.66. The second-order valence-corrected chi connectivity index (χ2v) is 5.41. The van der Waals surface area contributed by atoms with Crippen LogP contribution in [0.2, 0.25) is 0 Å². The van der Waals surface area contributed by atoms with Crippen LogP contribution in [-0.2, 0) is 6.42 Å². The van der Waals surface area contributed by atoms with Gasteiger partial charge in [-0.1, -0.05) is 27.7 Å². The minimum atomic E-state index is 0.687. The Balaban J connectivity index is 2.54. The number of ether oxygens (including phenoxy) is 1. The van der Waals surface area contributed by atoms with Gasteiger partial charge in [0.1, 0.15) is 11.6 Å². The molecule has 5 nitrogen and oxygen atoms in total. The highest BCUT2D eigenvalue weighted by atomic mass is 16.5. The van der Waals surface area contributed by atoms with Gasteiger partial charge in [-0.05, 0) is 38.9 Å². The van der Waals surface area contributed by atoms with Crippen LogP contribution in [0.15, 0.2) is 6.07 Å². The van der Waals surface area contributed by atoms with Crippen molar-refractivity contribution in [2.24, 2.45) is 0 Å². The number of hydrogen-bond donors (Lipinski definition) is 1. The van der Waals surface area contributed by atoms with E-state index in [1.165, 1.54) is 0 Å². The topological polar surface area (TPSA) is 50.3 Å². The van der Waals surface area contributed by atoms with E-state index in [0.717, 1.165) is 63.5 Å². The molecule has 0 amide bonds. The molecular weight excluding hydrogens is 276 g/mol. The summed E-state index contributed by atoms with van der Waals surface area (Å²) in [7, 11) is 0. The predicted octanol–water partition coefficient (Wildman–Crippen LogP) is 3.36. The molecule has 0 atom stereocenters. The van der Waals surface area contributed by atoms with E-state index in [1.807, 2.05) is 6.07 Å². The van der Waals surface area contributed by atoms with Gasteiger partial charge in [0.15, 0.2) is 0 Å². The molecule has 1 aromatic rings. The summed E-state index contributed by atoms with van der Waals surface area (Å²) in [6.07, 6.45) is 4.02. The summed E-state index contributed by atoms with van der Waals surface area (Å²) in [6, 6.07) is 1.91.